The molecular weight excluding hydrogens is 244 g/mol. The summed E-state index contributed by atoms with van der Waals surface area (Å²) in [6.07, 6.45) is 0. The monoisotopic (exact) mass is 266 g/mol. The molecule has 0 heterocycles. The lowest BCUT2D eigenvalue weighted by atomic mass is 10.2. The van der Waals surface area contributed by atoms with E-state index in [1.807, 2.05) is 20.8 Å². The van der Waals surface area contributed by atoms with Gasteiger partial charge in [-0.1, -0.05) is 13.8 Å². The van der Waals surface area contributed by atoms with Gasteiger partial charge in [0.1, 0.15) is 0 Å². The zero-order chi connectivity index (χ0) is 14.3. The Morgan fingerprint density at radius 1 is 1.32 bits per heavy atom. The SMILES string of the molecule is CCOc1ccc(NC(=O)CNC(C)C)cc1OC. The second-order valence-electron chi connectivity index (χ2n) is 4.38. The van der Waals surface area contributed by atoms with E-state index in [1.54, 1.807) is 25.3 Å². The van der Waals surface area contributed by atoms with E-state index >= 15 is 0 Å². The number of hydrogen-bond acceptors (Lipinski definition) is 4. The van der Waals surface area contributed by atoms with Gasteiger partial charge < -0.3 is 20.1 Å². The quantitative estimate of drug-likeness (QED) is 0.793. The Bertz CT molecular complexity index is 419. The molecule has 0 aliphatic rings. The largest absolute Gasteiger partial charge is 0.493 e. The Hall–Kier alpha value is -1.75. The summed E-state index contributed by atoms with van der Waals surface area (Å²) in [6, 6.07) is 5.60. The van der Waals surface area contributed by atoms with Crippen molar-refractivity contribution in [3.05, 3.63) is 18.2 Å². The number of carbonyl (C=O) groups excluding carboxylic acids is 1. The molecule has 19 heavy (non-hydrogen) atoms. The van der Waals surface area contributed by atoms with E-state index in [9.17, 15) is 4.79 Å². The predicted octanol–water partition coefficient (Wildman–Crippen LogP) is 2.03. The number of benzene rings is 1. The third-order valence-corrected chi connectivity index (χ3v) is 2.42. The van der Waals surface area contributed by atoms with Gasteiger partial charge in [-0.25, -0.2) is 0 Å². The minimum atomic E-state index is -0.0834. The summed E-state index contributed by atoms with van der Waals surface area (Å²) in [7, 11) is 1.57. The number of hydrogen-bond donors (Lipinski definition) is 2. The van der Waals surface area contributed by atoms with Gasteiger partial charge >= 0.3 is 0 Å². The molecule has 0 saturated heterocycles. The lowest BCUT2D eigenvalue weighted by Gasteiger charge is -2.12. The molecule has 1 aromatic rings. The first-order valence-electron chi connectivity index (χ1n) is 6.40. The van der Waals surface area contributed by atoms with E-state index in [2.05, 4.69) is 10.6 Å². The predicted molar refractivity (Wildman–Crippen MR) is 75.9 cm³/mol. The van der Waals surface area contributed by atoms with E-state index < -0.39 is 0 Å². The van der Waals surface area contributed by atoms with Gasteiger partial charge in [0.05, 0.1) is 20.3 Å². The van der Waals surface area contributed by atoms with Crippen LogP contribution in [0.15, 0.2) is 18.2 Å². The first kappa shape index (κ1) is 15.3. The van der Waals surface area contributed by atoms with Gasteiger partial charge in [0, 0.05) is 17.8 Å². The molecule has 0 fully saturated rings. The van der Waals surface area contributed by atoms with Crippen LogP contribution in [-0.2, 0) is 4.79 Å². The van der Waals surface area contributed by atoms with Crippen molar-refractivity contribution in [1.82, 2.24) is 5.32 Å². The summed E-state index contributed by atoms with van der Waals surface area (Å²) in [4.78, 5) is 11.7. The van der Waals surface area contributed by atoms with E-state index in [-0.39, 0.29) is 18.5 Å². The maximum absolute atomic E-state index is 11.7. The van der Waals surface area contributed by atoms with Crippen molar-refractivity contribution < 1.29 is 14.3 Å². The van der Waals surface area contributed by atoms with Crippen LogP contribution in [0.3, 0.4) is 0 Å². The van der Waals surface area contributed by atoms with Gasteiger partial charge in [0.25, 0.3) is 0 Å². The molecule has 1 amide bonds. The first-order chi connectivity index (χ1) is 9.06. The summed E-state index contributed by atoms with van der Waals surface area (Å²) in [5.74, 6) is 1.19. The van der Waals surface area contributed by atoms with Crippen LogP contribution in [0, 0.1) is 0 Å². The molecule has 2 N–H and O–H groups in total. The second kappa shape index (κ2) is 7.63. The van der Waals surface area contributed by atoms with E-state index in [1.165, 1.54) is 0 Å². The van der Waals surface area contributed by atoms with Gasteiger partial charge in [-0.3, -0.25) is 4.79 Å². The molecule has 1 aromatic carbocycles. The second-order valence-corrected chi connectivity index (χ2v) is 4.38. The molecule has 0 spiro atoms. The summed E-state index contributed by atoms with van der Waals surface area (Å²) in [5.41, 5.74) is 0.691. The van der Waals surface area contributed by atoms with Crippen molar-refractivity contribution in [2.45, 2.75) is 26.8 Å². The van der Waals surface area contributed by atoms with Crippen LogP contribution >= 0.6 is 0 Å². The van der Waals surface area contributed by atoms with Gasteiger partial charge in [0.15, 0.2) is 11.5 Å². The highest BCUT2D eigenvalue weighted by Gasteiger charge is 2.08. The number of nitrogens with one attached hydrogen (secondary N) is 2. The fourth-order valence-electron chi connectivity index (χ4n) is 1.52. The number of methoxy groups -OCH3 is 1. The van der Waals surface area contributed by atoms with Crippen molar-refractivity contribution in [2.75, 3.05) is 25.6 Å². The van der Waals surface area contributed by atoms with Crippen molar-refractivity contribution in [3.8, 4) is 11.5 Å². The van der Waals surface area contributed by atoms with Crippen LogP contribution in [0.5, 0.6) is 11.5 Å². The molecule has 0 aliphatic heterocycles. The van der Waals surface area contributed by atoms with Crippen LogP contribution in [0.1, 0.15) is 20.8 Å². The highest BCUT2D eigenvalue weighted by Crippen LogP contribution is 2.30. The zero-order valence-corrected chi connectivity index (χ0v) is 11.9. The van der Waals surface area contributed by atoms with Crippen LogP contribution in [0.2, 0.25) is 0 Å². The summed E-state index contributed by atoms with van der Waals surface area (Å²) >= 11 is 0. The summed E-state index contributed by atoms with van der Waals surface area (Å²) in [5, 5.41) is 5.86. The molecular formula is C14H22N2O3. The standard InChI is InChI=1S/C14H22N2O3/c1-5-19-12-7-6-11(8-13(12)18-4)16-14(17)9-15-10(2)3/h6-8,10,15H,5,9H2,1-4H3,(H,16,17). The summed E-state index contributed by atoms with van der Waals surface area (Å²) < 4.78 is 10.6. The topological polar surface area (TPSA) is 59.6 Å². The fraction of sp³-hybridized carbons (Fsp3) is 0.500. The van der Waals surface area contributed by atoms with E-state index in [0.717, 1.165) is 0 Å². The zero-order valence-electron chi connectivity index (χ0n) is 11.9. The minimum Gasteiger partial charge on any atom is -0.493 e. The van der Waals surface area contributed by atoms with Gasteiger partial charge in [-0.05, 0) is 19.1 Å². The molecule has 5 nitrogen and oxygen atoms in total. The highest BCUT2D eigenvalue weighted by atomic mass is 16.5. The Morgan fingerprint density at radius 3 is 2.63 bits per heavy atom. The molecule has 106 valence electrons. The molecule has 1 rings (SSSR count). The molecule has 0 aliphatic carbocycles. The van der Waals surface area contributed by atoms with Gasteiger partial charge in [0.2, 0.25) is 5.91 Å². The van der Waals surface area contributed by atoms with Crippen molar-refractivity contribution >= 4 is 11.6 Å². The summed E-state index contributed by atoms with van der Waals surface area (Å²) in [6.45, 7) is 6.75. The number of rotatable bonds is 7. The van der Waals surface area contributed by atoms with Crippen molar-refractivity contribution in [3.63, 3.8) is 0 Å². The Balaban J connectivity index is 2.66. The van der Waals surface area contributed by atoms with Crippen LogP contribution in [-0.4, -0.2) is 32.2 Å². The number of amides is 1. The molecule has 0 bridgehead atoms. The molecule has 0 unspecified atom stereocenters. The first-order valence-corrected chi connectivity index (χ1v) is 6.40. The average Bonchev–Trinajstić information content (AvgIpc) is 2.38. The maximum atomic E-state index is 11.7. The highest BCUT2D eigenvalue weighted by molar-refractivity contribution is 5.92. The molecule has 5 heteroatoms. The molecule has 0 saturated carbocycles. The van der Waals surface area contributed by atoms with Crippen LogP contribution in [0.4, 0.5) is 5.69 Å². The minimum absolute atomic E-state index is 0.0834. The Kier molecular flexibility index (Phi) is 6.15. The van der Waals surface area contributed by atoms with E-state index in [4.69, 9.17) is 9.47 Å². The molecule has 0 radical (unpaired) electrons. The third kappa shape index (κ3) is 5.18. The van der Waals surface area contributed by atoms with Crippen LogP contribution in [0.25, 0.3) is 0 Å². The Morgan fingerprint density at radius 2 is 2.05 bits per heavy atom. The molecule has 0 atom stereocenters. The normalized spacial score (nSPS) is 10.4. The lowest BCUT2D eigenvalue weighted by molar-refractivity contribution is -0.115. The van der Waals surface area contributed by atoms with Crippen molar-refractivity contribution in [2.24, 2.45) is 0 Å². The lowest BCUT2D eigenvalue weighted by Crippen LogP contribution is -2.32. The number of anilines is 1. The maximum Gasteiger partial charge on any atom is 0.238 e. The van der Waals surface area contributed by atoms with Crippen molar-refractivity contribution in [1.29, 1.82) is 0 Å². The van der Waals surface area contributed by atoms with Gasteiger partial charge in [-0.15, -0.1) is 0 Å². The number of carbonyl (C=O) groups is 1. The third-order valence-electron chi connectivity index (χ3n) is 2.42. The smallest absolute Gasteiger partial charge is 0.238 e. The number of ether oxygens (including phenoxy) is 2. The molecule has 0 aromatic heterocycles. The average molecular weight is 266 g/mol. The Labute approximate surface area is 114 Å². The van der Waals surface area contributed by atoms with E-state index in [0.29, 0.717) is 23.8 Å². The fourth-order valence-corrected chi connectivity index (χ4v) is 1.52. The van der Waals surface area contributed by atoms with Crippen LogP contribution < -0.4 is 20.1 Å². The van der Waals surface area contributed by atoms with Gasteiger partial charge in [-0.2, -0.15) is 0 Å².